The van der Waals surface area contributed by atoms with E-state index in [-0.39, 0.29) is 0 Å². The average Bonchev–Trinajstić information content (AvgIpc) is 2.29. The predicted octanol–water partition coefficient (Wildman–Crippen LogP) is 1.81. The molecule has 2 aromatic rings. The van der Waals surface area contributed by atoms with Crippen molar-refractivity contribution in [3.8, 4) is 0 Å². The molecule has 2 heterocycles. The zero-order valence-electron chi connectivity index (χ0n) is 8.30. The molecule has 0 aliphatic carbocycles. The predicted molar refractivity (Wildman–Crippen MR) is 55.5 cm³/mol. The molecule has 4 nitrogen and oxygen atoms in total. The molecule has 0 aromatic carbocycles. The Hall–Kier alpha value is -1.97. The highest BCUT2D eigenvalue weighted by Crippen LogP contribution is 2.11. The Morgan fingerprint density at radius 1 is 1.47 bits per heavy atom. The van der Waals surface area contributed by atoms with E-state index in [1.165, 1.54) is 0 Å². The summed E-state index contributed by atoms with van der Waals surface area (Å²) < 4.78 is 4.85. The van der Waals surface area contributed by atoms with Crippen LogP contribution < -0.4 is 0 Å². The maximum atomic E-state index is 11.4. The number of carbonyl (C=O) groups is 1. The van der Waals surface area contributed by atoms with Gasteiger partial charge in [0.25, 0.3) is 0 Å². The molecule has 0 atom stereocenters. The van der Waals surface area contributed by atoms with Crippen LogP contribution in [0.15, 0.2) is 30.6 Å². The second kappa shape index (κ2) is 4.04. The van der Waals surface area contributed by atoms with Gasteiger partial charge in [-0.3, -0.25) is 4.98 Å². The minimum absolute atomic E-state index is 0.317. The molecule has 0 aliphatic rings. The molecule has 2 aromatic heterocycles. The lowest BCUT2D eigenvalue weighted by molar-refractivity contribution is 0.0520. The standard InChI is InChI=1S/C11H10N2O2/c1-2-15-11(14)9-6-8-4-3-5-12-10(8)7-13-9/h3-7H,2H2,1H3. The van der Waals surface area contributed by atoms with Crippen LogP contribution in [-0.4, -0.2) is 22.5 Å². The van der Waals surface area contributed by atoms with Crippen LogP contribution in [-0.2, 0) is 4.74 Å². The summed E-state index contributed by atoms with van der Waals surface area (Å²) in [5.41, 5.74) is 1.09. The Kier molecular flexibility index (Phi) is 2.58. The minimum atomic E-state index is -0.400. The van der Waals surface area contributed by atoms with E-state index in [1.54, 1.807) is 25.4 Å². The van der Waals surface area contributed by atoms with E-state index in [9.17, 15) is 4.79 Å². The lowest BCUT2D eigenvalue weighted by Gasteiger charge is -2.01. The molecule has 0 saturated carbocycles. The van der Waals surface area contributed by atoms with Gasteiger partial charge in [0.05, 0.1) is 18.3 Å². The van der Waals surface area contributed by atoms with Crippen LogP contribution in [0.2, 0.25) is 0 Å². The van der Waals surface area contributed by atoms with Crippen LogP contribution in [0.3, 0.4) is 0 Å². The summed E-state index contributed by atoms with van der Waals surface area (Å²) in [6.45, 7) is 2.12. The number of hydrogen-bond acceptors (Lipinski definition) is 4. The minimum Gasteiger partial charge on any atom is -0.461 e. The second-order valence-electron chi connectivity index (χ2n) is 2.99. The lowest BCUT2D eigenvalue weighted by atomic mass is 10.2. The number of carbonyl (C=O) groups excluding carboxylic acids is 1. The molecular weight excluding hydrogens is 192 g/mol. The molecule has 0 saturated heterocycles. The van der Waals surface area contributed by atoms with Crippen LogP contribution >= 0.6 is 0 Å². The molecule has 0 bridgehead atoms. The molecule has 76 valence electrons. The number of nitrogens with zero attached hydrogens (tertiary/aromatic N) is 2. The quantitative estimate of drug-likeness (QED) is 0.697. The first-order valence-corrected chi connectivity index (χ1v) is 4.69. The average molecular weight is 202 g/mol. The first kappa shape index (κ1) is 9.58. The van der Waals surface area contributed by atoms with Gasteiger partial charge in [-0.2, -0.15) is 0 Å². The van der Waals surface area contributed by atoms with Gasteiger partial charge < -0.3 is 4.74 Å². The van der Waals surface area contributed by atoms with Crippen LogP contribution in [0.25, 0.3) is 10.9 Å². The SMILES string of the molecule is CCOC(=O)c1cc2cccnc2cn1. The molecule has 15 heavy (non-hydrogen) atoms. The van der Waals surface area contributed by atoms with E-state index in [2.05, 4.69) is 9.97 Å². The Morgan fingerprint density at radius 3 is 3.13 bits per heavy atom. The van der Waals surface area contributed by atoms with Crippen molar-refractivity contribution in [3.63, 3.8) is 0 Å². The Bertz CT molecular complexity index is 497. The summed E-state index contributed by atoms with van der Waals surface area (Å²) in [5, 5.41) is 0.885. The second-order valence-corrected chi connectivity index (χ2v) is 2.99. The number of esters is 1. The molecule has 0 fully saturated rings. The van der Waals surface area contributed by atoms with Crippen molar-refractivity contribution in [1.29, 1.82) is 0 Å². The van der Waals surface area contributed by atoms with Crippen molar-refractivity contribution in [2.45, 2.75) is 6.92 Å². The van der Waals surface area contributed by atoms with Crippen molar-refractivity contribution < 1.29 is 9.53 Å². The normalized spacial score (nSPS) is 10.2. The Morgan fingerprint density at radius 2 is 2.33 bits per heavy atom. The van der Waals surface area contributed by atoms with Crippen LogP contribution in [0.4, 0.5) is 0 Å². The molecule has 0 aliphatic heterocycles. The fraction of sp³-hybridized carbons (Fsp3) is 0.182. The van der Waals surface area contributed by atoms with E-state index in [1.807, 2.05) is 12.1 Å². The highest BCUT2D eigenvalue weighted by atomic mass is 16.5. The van der Waals surface area contributed by atoms with Crippen LogP contribution in [0, 0.1) is 0 Å². The van der Waals surface area contributed by atoms with Gasteiger partial charge in [-0.05, 0) is 19.1 Å². The molecule has 0 spiro atoms. The van der Waals surface area contributed by atoms with Gasteiger partial charge in [-0.15, -0.1) is 0 Å². The van der Waals surface area contributed by atoms with E-state index < -0.39 is 5.97 Å². The monoisotopic (exact) mass is 202 g/mol. The summed E-state index contributed by atoms with van der Waals surface area (Å²) in [4.78, 5) is 19.5. The summed E-state index contributed by atoms with van der Waals surface area (Å²) in [6, 6.07) is 5.38. The Labute approximate surface area is 86.9 Å². The largest absolute Gasteiger partial charge is 0.461 e. The topological polar surface area (TPSA) is 52.1 Å². The molecule has 0 radical (unpaired) electrons. The van der Waals surface area contributed by atoms with Crippen molar-refractivity contribution in [2.24, 2.45) is 0 Å². The number of fused-ring (bicyclic) bond motifs is 1. The number of pyridine rings is 2. The summed E-state index contributed by atoms with van der Waals surface area (Å²) >= 11 is 0. The van der Waals surface area contributed by atoms with Gasteiger partial charge in [0.2, 0.25) is 0 Å². The van der Waals surface area contributed by atoms with Crippen molar-refractivity contribution >= 4 is 16.9 Å². The highest BCUT2D eigenvalue weighted by molar-refractivity contribution is 5.91. The van der Waals surface area contributed by atoms with Crippen LogP contribution in [0.5, 0.6) is 0 Å². The van der Waals surface area contributed by atoms with E-state index >= 15 is 0 Å². The molecule has 0 unspecified atom stereocenters. The first-order chi connectivity index (χ1) is 7.31. The molecule has 0 amide bonds. The number of rotatable bonds is 2. The molecule has 4 heteroatoms. The summed E-state index contributed by atoms with van der Waals surface area (Å²) in [5.74, 6) is -0.400. The van der Waals surface area contributed by atoms with Gasteiger partial charge in [-0.25, -0.2) is 9.78 Å². The zero-order valence-corrected chi connectivity index (χ0v) is 8.30. The first-order valence-electron chi connectivity index (χ1n) is 4.69. The smallest absolute Gasteiger partial charge is 0.356 e. The van der Waals surface area contributed by atoms with Crippen molar-refractivity contribution in [3.05, 3.63) is 36.3 Å². The van der Waals surface area contributed by atoms with E-state index in [4.69, 9.17) is 4.74 Å². The van der Waals surface area contributed by atoms with Gasteiger partial charge in [0, 0.05) is 11.6 Å². The van der Waals surface area contributed by atoms with Crippen molar-refractivity contribution in [1.82, 2.24) is 9.97 Å². The number of ether oxygens (including phenoxy) is 1. The fourth-order valence-electron chi connectivity index (χ4n) is 1.29. The number of hydrogen-bond donors (Lipinski definition) is 0. The third-order valence-corrected chi connectivity index (χ3v) is 1.97. The maximum Gasteiger partial charge on any atom is 0.356 e. The fourth-order valence-corrected chi connectivity index (χ4v) is 1.29. The van der Waals surface area contributed by atoms with E-state index in [0.29, 0.717) is 12.3 Å². The lowest BCUT2D eigenvalue weighted by Crippen LogP contribution is -2.06. The van der Waals surface area contributed by atoms with Gasteiger partial charge in [-0.1, -0.05) is 6.07 Å². The third kappa shape index (κ3) is 1.93. The zero-order chi connectivity index (χ0) is 10.7. The van der Waals surface area contributed by atoms with Crippen molar-refractivity contribution in [2.75, 3.05) is 6.61 Å². The van der Waals surface area contributed by atoms with Crippen LogP contribution in [0.1, 0.15) is 17.4 Å². The maximum absolute atomic E-state index is 11.4. The third-order valence-electron chi connectivity index (χ3n) is 1.97. The molecule has 2 rings (SSSR count). The van der Waals surface area contributed by atoms with Gasteiger partial charge in [0.15, 0.2) is 0 Å². The van der Waals surface area contributed by atoms with Gasteiger partial charge >= 0.3 is 5.97 Å². The van der Waals surface area contributed by atoms with Gasteiger partial charge in [0.1, 0.15) is 5.69 Å². The summed E-state index contributed by atoms with van der Waals surface area (Å²) in [6.07, 6.45) is 3.26. The summed E-state index contributed by atoms with van der Waals surface area (Å²) in [7, 11) is 0. The molecule has 0 N–H and O–H groups in total. The molecular formula is C11H10N2O2. The highest BCUT2D eigenvalue weighted by Gasteiger charge is 2.08. The number of aromatic nitrogens is 2. The Balaban J connectivity index is 2.42. The van der Waals surface area contributed by atoms with E-state index in [0.717, 1.165) is 10.9 Å².